The highest BCUT2D eigenvalue weighted by Gasteiger charge is 2.29. The van der Waals surface area contributed by atoms with Crippen LogP contribution in [0.5, 0.6) is 0 Å². The molecule has 0 N–H and O–H groups in total. The minimum Gasteiger partial charge on any atom is -0.460 e. The summed E-state index contributed by atoms with van der Waals surface area (Å²) in [4.78, 5) is 37.2. The number of nitro groups is 1. The summed E-state index contributed by atoms with van der Waals surface area (Å²) in [6.07, 6.45) is 0.478. The van der Waals surface area contributed by atoms with E-state index in [0.29, 0.717) is 35.5 Å². The van der Waals surface area contributed by atoms with Gasteiger partial charge in [-0.3, -0.25) is 14.9 Å². The molecule has 0 unspecified atom stereocenters. The number of benzene rings is 2. The molecule has 4 rings (SSSR count). The molecule has 1 aliphatic rings. The predicted molar refractivity (Wildman–Crippen MR) is 109 cm³/mol. The normalized spacial score (nSPS) is 12.5. The van der Waals surface area contributed by atoms with Gasteiger partial charge in [0.25, 0.3) is 11.6 Å². The Bertz CT molecular complexity index is 1130. The molecule has 0 bridgehead atoms. The third-order valence-corrected chi connectivity index (χ3v) is 4.90. The molecule has 0 radical (unpaired) electrons. The first-order valence-electron chi connectivity index (χ1n) is 9.45. The van der Waals surface area contributed by atoms with Crippen LogP contribution in [0.15, 0.2) is 59.0 Å². The van der Waals surface area contributed by atoms with E-state index in [1.165, 1.54) is 24.3 Å². The van der Waals surface area contributed by atoms with Crippen molar-refractivity contribution in [3.8, 4) is 11.3 Å². The average Bonchev–Trinajstić information content (AvgIpc) is 3.12. The molecule has 8 nitrogen and oxygen atoms in total. The molecule has 30 heavy (non-hydrogen) atoms. The molecule has 0 saturated heterocycles. The van der Waals surface area contributed by atoms with Gasteiger partial charge in [0.2, 0.25) is 5.76 Å². The van der Waals surface area contributed by atoms with E-state index in [1.54, 1.807) is 24.0 Å². The minimum absolute atomic E-state index is 0.0755. The van der Waals surface area contributed by atoms with Crippen LogP contribution in [0.2, 0.25) is 0 Å². The zero-order valence-corrected chi connectivity index (χ0v) is 16.2. The Hall–Kier alpha value is -3.94. The quantitative estimate of drug-likeness (QED) is 0.365. The van der Waals surface area contributed by atoms with Gasteiger partial charge in [0.05, 0.1) is 17.2 Å². The SMILES string of the molecule is CCOC(=O)c1cc2c(o1)-c1ccccc1N(C(=O)c1ccc([N+](=O)[O-])cc1)CC2. The van der Waals surface area contributed by atoms with Crippen LogP contribution < -0.4 is 4.90 Å². The predicted octanol–water partition coefficient (Wildman–Crippen LogP) is 4.23. The Morgan fingerprint density at radius 1 is 1.17 bits per heavy atom. The lowest BCUT2D eigenvalue weighted by Gasteiger charge is -2.22. The number of esters is 1. The van der Waals surface area contributed by atoms with E-state index in [-0.39, 0.29) is 24.0 Å². The van der Waals surface area contributed by atoms with Gasteiger partial charge in [-0.2, -0.15) is 0 Å². The minimum atomic E-state index is -0.526. The Kier molecular flexibility index (Phi) is 5.05. The van der Waals surface area contributed by atoms with Crippen LogP contribution in [0.3, 0.4) is 0 Å². The van der Waals surface area contributed by atoms with Crippen molar-refractivity contribution < 1.29 is 23.7 Å². The van der Waals surface area contributed by atoms with Crippen molar-refractivity contribution in [2.75, 3.05) is 18.1 Å². The smallest absolute Gasteiger partial charge is 0.374 e. The molecule has 1 aromatic heterocycles. The number of non-ortho nitro benzene ring substituents is 1. The van der Waals surface area contributed by atoms with Crippen molar-refractivity contribution >= 4 is 23.3 Å². The molecule has 0 atom stereocenters. The number of carbonyl (C=O) groups is 2. The fourth-order valence-corrected chi connectivity index (χ4v) is 3.49. The number of rotatable bonds is 4. The van der Waals surface area contributed by atoms with E-state index >= 15 is 0 Å². The standard InChI is InChI=1S/C22H18N2O6/c1-2-29-22(26)19-13-15-11-12-23(18-6-4-3-5-17(18)20(15)30-19)21(25)14-7-9-16(10-8-14)24(27)28/h3-10,13H,2,11-12H2,1H3. The van der Waals surface area contributed by atoms with Crippen molar-refractivity contribution in [2.24, 2.45) is 0 Å². The number of nitrogens with zero attached hydrogens (tertiary/aromatic N) is 2. The van der Waals surface area contributed by atoms with Crippen molar-refractivity contribution in [1.29, 1.82) is 0 Å². The van der Waals surface area contributed by atoms with Gasteiger partial charge in [0, 0.05) is 35.4 Å². The van der Waals surface area contributed by atoms with Gasteiger partial charge in [-0.05, 0) is 43.7 Å². The average molecular weight is 406 g/mol. The van der Waals surface area contributed by atoms with Crippen LogP contribution >= 0.6 is 0 Å². The number of ether oxygens (including phenoxy) is 1. The maximum atomic E-state index is 13.2. The summed E-state index contributed by atoms with van der Waals surface area (Å²) in [5.74, 6) is -0.130. The van der Waals surface area contributed by atoms with Gasteiger partial charge in [-0.15, -0.1) is 0 Å². The van der Waals surface area contributed by atoms with Crippen LogP contribution in [0.25, 0.3) is 11.3 Å². The number of hydrogen-bond acceptors (Lipinski definition) is 6. The monoisotopic (exact) mass is 406 g/mol. The summed E-state index contributed by atoms with van der Waals surface area (Å²) in [6, 6.07) is 14.5. The summed E-state index contributed by atoms with van der Waals surface area (Å²) in [6.45, 7) is 2.34. The number of hydrogen-bond donors (Lipinski definition) is 0. The summed E-state index contributed by atoms with van der Waals surface area (Å²) >= 11 is 0. The zero-order chi connectivity index (χ0) is 21.3. The lowest BCUT2D eigenvalue weighted by molar-refractivity contribution is -0.384. The van der Waals surface area contributed by atoms with Gasteiger partial charge in [0.15, 0.2) is 0 Å². The van der Waals surface area contributed by atoms with Gasteiger partial charge >= 0.3 is 5.97 Å². The lowest BCUT2D eigenvalue weighted by atomic mass is 10.1. The van der Waals surface area contributed by atoms with E-state index < -0.39 is 10.9 Å². The maximum Gasteiger partial charge on any atom is 0.374 e. The van der Waals surface area contributed by atoms with Crippen LogP contribution in [0.4, 0.5) is 11.4 Å². The van der Waals surface area contributed by atoms with Gasteiger partial charge in [-0.25, -0.2) is 4.79 Å². The lowest BCUT2D eigenvalue weighted by Crippen LogP contribution is -2.32. The Morgan fingerprint density at radius 2 is 1.90 bits per heavy atom. The Labute approximate surface area is 171 Å². The van der Waals surface area contributed by atoms with E-state index in [0.717, 1.165) is 5.56 Å². The maximum absolute atomic E-state index is 13.2. The second-order valence-electron chi connectivity index (χ2n) is 6.71. The fourth-order valence-electron chi connectivity index (χ4n) is 3.49. The first-order valence-corrected chi connectivity index (χ1v) is 9.45. The van der Waals surface area contributed by atoms with E-state index in [2.05, 4.69) is 0 Å². The van der Waals surface area contributed by atoms with Gasteiger partial charge in [-0.1, -0.05) is 12.1 Å². The number of nitro benzene ring substituents is 1. The van der Waals surface area contributed by atoms with Crippen LogP contribution in [0, 0.1) is 10.1 Å². The van der Waals surface area contributed by atoms with Crippen molar-refractivity contribution in [3.05, 3.63) is 81.6 Å². The van der Waals surface area contributed by atoms with E-state index in [4.69, 9.17) is 9.15 Å². The highest BCUT2D eigenvalue weighted by molar-refractivity contribution is 6.08. The number of carbonyl (C=O) groups excluding carboxylic acids is 2. The molecule has 0 saturated carbocycles. The Morgan fingerprint density at radius 3 is 2.60 bits per heavy atom. The van der Waals surface area contributed by atoms with Crippen LogP contribution in [0.1, 0.15) is 33.4 Å². The molecule has 0 spiro atoms. The molecular weight excluding hydrogens is 388 g/mol. The number of amides is 1. The summed E-state index contributed by atoms with van der Waals surface area (Å²) in [5, 5.41) is 10.9. The van der Waals surface area contributed by atoms with Crippen LogP contribution in [-0.4, -0.2) is 30.0 Å². The van der Waals surface area contributed by atoms with Crippen molar-refractivity contribution in [1.82, 2.24) is 0 Å². The first kappa shape index (κ1) is 19.4. The van der Waals surface area contributed by atoms with Gasteiger partial charge in [0.1, 0.15) is 5.76 Å². The molecule has 1 aliphatic heterocycles. The zero-order valence-electron chi connectivity index (χ0n) is 16.2. The number of furan rings is 1. The third-order valence-electron chi connectivity index (χ3n) is 4.90. The first-order chi connectivity index (χ1) is 14.5. The number of anilines is 1. The summed E-state index contributed by atoms with van der Waals surface area (Å²) < 4.78 is 10.8. The number of para-hydroxylation sites is 1. The van der Waals surface area contributed by atoms with Crippen molar-refractivity contribution in [2.45, 2.75) is 13.3 Å². The molecular formula is C22H18N2O6. The summed E-state index contributed by atoms with van der Waals surface area (Å²) in [5.41, 5.74) is 2.42. The Balaban J connectivity index is 1.71. The molecule has 2 heterocycles. The van der Waals surface area contributed by atoms with Crippen molar-refractivity contribution in [3.63, 3.8) is 0 Å². The molecule has 152 valence electrons. The van der Waals surface area contributed by atoms with Crippen LogP contribution in [-0.2, 0) is 11.2 Å². The highest BCUT2D eigenvalue weighted by atomic mass is 16.6. The largest absolute Gasteiger partial charge is 0.460 e. The van der Waals surface area contributed by atoms with E-state index in [9.17, 15) is 19.7 Å². The molecule has 8 heteroatoms. The third kappa shape index (κ3) is 3.43. The highest BCUT2D eigenvalue weighted by Crippen LogP contribution is 2.38. The topological polar surface area (TPSA) is 103 Å². The molecule has 0 aliphatic carbocycles. The number of fused-ring (bicyclic) bond motifs is 3. The second-order valence-corrected chi connectivity index (χ2v) is 6.71. The molecule has 0 fully saturated rings. The fraction of sp³-hybridized carbons (Fsp3) is 0.182. The molecule has 1 amide bonds. The summed E-state index contributed by atoms with van der Waals surface area (Å²) in [7, 11) is 0. The molecule has 2 aromatic carbocycles. The second kappa shape index (κ2) is 7.82. The molecule has 3 aromatic rings. The van der Waals surface area contributed by atoms with E-state index in [1.807, 2.05) is 18.2 Å². The van der Waals surface area contributed by atoms with Gasteiger partial charge < -0.3 is 14.1 Å².